The SMILES string of the molecule is CCCC(C)(N)C(=O)Nc1cccc(S(N)(=O)=O)c1. The van der Waals surface area contributed by atoms with Crippen LogP contribution in [0.15, 0.2) is 29.2 Å². The standard InChI is InChI=1S/C12H19N3O3S/c1-3-7-12(2,13)11(16)15-9-5-4-6-10(8-9)19(14,17)18/h4-6,8H,3,7,13H2,1-2H3,(H,15,16)(H2,14,17,18). The van der Waals surface area contributed by atoms with Crippen molar-refractivity contribution < 1.29 is 13.2 Å². The Hall–Kier alpha value is -1.44. The first-order chi connectivity index (χ1) is 8.66. The summed E-state index contributed by atoms with van der Waals surface area (Å²) in [5.41, 5.74) is 5.24. The highest BCUT2D eigenvalue weighted by molar-refractivity contribution is 7.89. The molecular weight excluding hydrogens is 266 g/mol. The summed E-state index contributed by atoms with van der Waals surface area (Å²) in [6, 6.07) is 5.74. The van der Waals surface area contributed by atoms with E-state index >= 15 is 0 Å². The molecule has 5 N–H and O–H groups in total. The molecule has 6 nitrogen and oxygen atoms in total. The van der Waals surface area contributed by atoms with Crippen LogP contribution in [0.1, 0.15) is 26.7 Å². The van der Waals surface area contributed by atoms with E-state index in [4.69, 9.17) is 10.9 Å². The van der Waals surface area contributed by atoms with E-state index in [9.17, 15) is 13.2 Å². The van der Waals surface area contributed by atoms with Gasteiger partial charge in [0.1, 0.15) is 0 Å². The third-order valence-electron chi connectivity index (χ3n) is 2.71. The Kier molecular flexibility index (Phi) is 4.67. The lowest BCUT2D eigenvalue weighted by Gasteiger charge is -2.22. The summed E-state index contributed by atoms with van der Waals surface area (Å²) in [7, 11) is -3.79. The highest BCUT2D eigenvalue weighted by Crippen LogP contribution is 2.17. The number of benzene rings is 1. The van der Waals surface area contributed by atoms with Crippen LogP contribution in [0.5, 0.6) is 0 Å². The number of anilines is 1. The van der Waals surface area contributed by atoms with E-state index in [0.717, 1.165) is 6.42 Å². The van der Waals surface area contributed by atoms with Gasteiger partial charge in [-0.3, -0.25) is 4.79 Å². The van der Waals surface area contributed by atoms with Gasteiger partial charge < -0.3 is 11.1 Å². The molecule has 1 rings (SSSR count). The molecule has 0 aliphatic heterocycles. The van der Waals surface area contributed by atoms with Crippen molar-refractivity contribution in [2.45, 2.75) is 37.1 Å². The van der Waals surface area contributed by atoms with E-state index in [0.29, 0.717) is 12.1 Å². The van der Waals surface area contributed by atoms with Crippen LogP contribution in [0, 0.1) is 0 Å². The van der Waals surface area contributed by atoms with Gasteiger partial charge in [-0.1, -0.05) is 19.4 Å². The summed E-state index contributed by atoms with van der Waals surface area (Å²) in [6.07, 6.45) is 1.31. The van der Waals surface area contributed by atoms with Crippen LogP contribution in [-0.4, -0.2) is 19.9 Å². The average molecular weight is 285 g/mol. The second-order valence-corrected chi connectivity index (χ2v) is 6.26. The topological polar surface area (TPSA) is 115 Å². The zero-order chi connectivity index (χ0) is 14.7. The highest BCUT2D eigenvalue weighted by Gasteiger charge is 2.27. The van der Waals surface area contributed by atoms with Crippen molar-refractivity contribution in [3.05, 3.63) is 24.3 Å². The Morgan fingerprint density at radius 3 is 2.58 bits per heavy atom. The first-order valence-electron chi connectivity index (χ1n) is 5.90. The van der Waals surface area contributed by atoms with E-state index in [1.807, 2.05) is 6.92 Å². The van der Waals surface area contributed by atoms with Gasteiger partial charge in [-0.25, -0.2) is 13.6 Å². The van der Waals surface area contributed by atoms with Crippen molar-refractivity contribution in [3.63, 3.8) is 0 Å². The predicted molar refractivity (Wildman–Crippen MR) is 73.9 cm³/mol. The monoisotopic (exact) mass is 285 g/mol. The van der Waals surface area contributed by atoms with Crippen molar-refractivity contribution in [1.29, 1.82) is 0 Å². The lowest BCUT2D eigenvalue weighted by Crippen LogP contribution is -2.48. The third kappa shape index (κ3) is 4.30. The minimum Gasteiger partial charge on any atom is -0.324 e. The summed E-state index contributed by atoms with van der Waals surface area (Å²) in [4.78, 5) is 11.9. The number of rotatable bonds is 5. The number of carbonyl (C=O) groups is 1. The molecular formula is C12H19N3O3S. The lowest BCUT2D eigenvalue weighted by atomic mass is 9.96. The second kappa shape index (κ2) is 5.68. The highest BCUT2D eigenvalue weighted by atomic mass is 32.2. The number of primary sulfonamides is 1. The van der Waals surface area contributed by atoms with Gasteiger partial charge in [-0.15, -0.1) is 0 Å². The van der Waals surface area contributed by atoms with Crippen molar-refractivity contribution in [3.8, 4) is 0 Å². The number of hydrogen-bond donors (Lipinski definition) is 3. The van der Waals surface area contributed by atoms with Crippen LogP contribution in [0.3, 0.4) is 0 Å². The molecule has 1 atom stereocenters. The fourth-order valence-corrected chi connectivity index (χ4v) is 2.22. The van der Waals surface area contributed by atoms with Gasteiger partial charge in [0.25, 0.3) is 0 Å². The molecule has 0 aromatic heterocycles. The molecule has 0 fully saturated rings. The van der Waals surface area contributed by atoms with Crippen molar-refractivity contribution in [2.75, 3.05) is 5.32 Å². The predicted octanol–water partition coefficient (Wildman–Crippen LogP) is 0.790. The second-order valence-electron chi connectivity index (χ2n) is 4.69. The minimum absolute atomic E-state index is 0.0560. The first kappa shape index (κ1) is 15.6. The minimum atomic E-state index is -3.79. The van der Waals surface area contributed by atoms with Gasteiger partial charge in [0.05, 0.1) is 10.4 Å². The first-order valence-corrected chi connectivity index (χ1v) is 7.44. The van der Waals surface area contributed by atoms with Gasteiger partial charge >= 0.3 is 0 Å². The molecule has 0 heterocycles. The summed E-state index contributed by atoms with van der Waals surface area (Å²) >= 11 is 0. The largest absolute Gasteiger partial charge is 0.324 e. The van der Waals surface area contributed by atoms with Crippen LogP contribution >= 0.6 is 0 Å². The zero-order valence-corrected chi connectivity index (χ0v) is 11.8. The van der Waals surface area contributed by atoms with Crippen molar-refractivity contribution in [2.24, 2.45) is 10.9 Å². The number of nitrogens with one attached hydrogen (secondary N) is 1. The van der Waals surface area contributed by atoms with Crippen LogP contribution in [0.4, 0.5) is 5.69 Å². The normalized spacial score (nSPS) is 14.7. The Bertz CT molecular complexity index is 567. The molecule has 1 amide bonds. The Morgan fingerprint density at radius 2 is 2.05 bits per heavy atom. The maximum absolute atomic E-state index is 12.0. The molecule has 7 heteroatoms. The maximum Gasteiger partial charge on any atom is 0.244 e. The van der Waals surface area contributed by atoms with Gasteiger partial charge in [0, 0.05) is 5.69 Å². The fraction of sp³-hybridized carbons (Fsp3) is 0.417. The van der Waals surface area contributed by atoms with Gasteiger partial charge in [0.2, 0.25) is 15.9 Å². The third-order valence-corrected chi connectivity index (χ3v) is 3.62. The molecule has 1 aromatic carbocycles. The summed E-state index contributed by atoms with van der Waals surface area (Å²) in [5, 5.41) is 7.62. The molecule has 0 saturated carbocycles. The fourth-order valence-electron chi connectivity index (χ4n) is 1.66. The average Bonchev–Trinajstić information content (AvgIpc) is 2.28. The molecule has 19 heavy (non-hydrogen) atoms. The quantitative estimate of drug-likeness (QED) is 0.741. The van der Waals surface area contributed by atoms with Crippen LogP contribution < -0.4 is 16.2 Å². The number of carbonyl (C=O) groups excluding carboxylic acids is 1. The van der Waals surface area contributed by atoms with Crippen LogP contribution in [0.25, 0.3) is 0 Å². The molecule has 0 aliphatic rings. The summed E-state index contributed by atoms with van der Waals surface area (Å²) in [5.74, 6) is -0.360. The van der Waals surface area contributed by atoms with E-state index in [2.05, 4.69) is 5.32 Å². The zero-order valence-electron chi connectivity index (χ0n) is 11.0. The van der Waals surface area contributed by atoms with E-state index in [1.165, 1.54) is 18.2 Å². The molecule has 106 valence electrons. The van der Waals surface area contributed by atoms with E-state index in [-0.39, 0.29) is 10.8 Å². The van der Waals surface area contributed by atoms with Crippen LogP contribution in [-0.2, 0) is 14.8 Å². The molecule has 0 bridgehead atoms. The van der Waals surface area contributed by atoms with Crippen LogP contribution in [0.2, 0.25) is 0 Å². The van der Waals surface area contributed by atoms with E-state index in [1.54, 1.807) is 13.0 Å². The Labute approximate surface area is 113 Å². The van der Waals surface area contributed by atoms with Gasteiger partial charge in [-0.2, -0.15) is 0 Å². The number of nitrogens with two attached hydrogens (primary N) is 2. The Balaban J connectivity index is 2.92. The van der Waals surface area contributed by atoms with Crippen molar-refractivity contribution >= 4 is 21.6 Å². The number of sulfonamides is 1. The molecule has 0 aliphatic carbocycles. The lowest BCUT2D eigenvalue weighted by molar-refractivity contribution is -0.120. The smallest absolute Gasteiger partial charge is 0.244 e. The molecule has 0 saturated heterocycles. The molecule has 0 radical (unpaired) electrons. The molecule has 1 unspecified atom stereocenters. The van der Waals surface area contributed by atoms with Gasteiger partial charge in [0.15, 0.2) is 0 Å². The van der Waals surface area contributed by atoms with Gasteiger partial charge in [-0.05, 0) is 31.5 Å². The number of amides is 1. The molecule has 1 aromatic rings. The molecule has 0 spiro atoms. The number of hydrogen-bond acceptors (Lipinski definition) is 4. The van der Waals surface area contributed by atoms with E-state index < -0.39 is 15.6 Å². The summed E-state index contributed by atoms with van der Waals surface area (Å²) < 4.78 is 22.4. The summed E-state index contributed by atoms with van der Waals surface area (Å²) in [6.45, 7) is 3.56. The van der Waals surface area contributed by atoms with Crippen molar-refractivity contribution in [1.82, 2.24) is 0 Å². The Morgan fingerprint density at radius 1 is 1.42 bits per heavy atom. The maximum atomic E-state index is 12.0.